The molecule has 0 saturated carbocycles. The van der Waals surface area contributed by atoms with Crippen LogP contribution in [0.2, 0.25) is 5.02 Å². The van der Waals surface area contributed by atoms with Crippen molar-refractivity contribution in [3.63, 3.8) is 0 Å². The molecule has 2 rings (SSSR count). The van der Waals surface area contributed by atoms with Crippen LogP contribution in [0.15, 0.2) is 29.1 Å². The summed E-state index contributed by atoms with van der Waals surface area (Å²) in [6, 6.07) is 6.55. The lowest BCUT2D eigenvalue weighted by molar-refractivity contribution is -0.108. The highest BCUT2D eigenvalue weighted by atomic mass is 35.5. The molecular formula is C15H17ClFN3O3. The Morgan fingerprint density at radius 1 is 1.39 bits per heavy atom. The Morgan fingerprint density at radius 3 is 2.52 bits per heavy atom. The summed E-state index contributed by atoms with van der Waals surface area (Å²) in [5.41, 5.74) is -1.91. The van der Waals surface area contributed by atoms with E-state index < -0.39 is 17.5 Å². The van der Waals surface area contributed by atoms with E-state index in [0.29, 0.717) is 16.9 Å². The SMILES string of the molecule is CC(C)(F)C(O)Cn1c(-c2ccc(Cl)cc2)nn(CC=O)c1=O. The van der Waals surface area contributed by atoms with Gasteiger partial charge in [0.05, 0.1) is 6.54 Å². The van der Waals surface area contributed by atoms with E-state index in [1.54, 1.807) is 24.3 Å². The molecule has 1 unspecified atom stereocenters. The number of aldehydes is 1. The van der Waals surface area contributed by atoms with Crippen molar-refractivity contribution in [1.29, 1.82) is 0 Å². The van der Waals surface area contributed by atoms with Crippen molar-refractivity contribution < 1.29 is 14.3 Å². The van der Waals surface area contributed by atoms with E-state index >= 15 is 0 Å². The number of aliphatic hydroxyl groups excluding tert-OH is 1. The molecule has 0 aliphatic heterocycles. The van der Waals surface area contributed by atoms with Crippen LogP contribution >= 0.6 is 11.6 Å². The molecule has 23 heavy (non-hydrogen) atoms. The van der Waals surface area contributed by atoms with Crippen molar-refractivity contribution in [3.8, 4) is 11.4 Å². The summed E-state index contributed by atoms with van der Waals surface area (Å²) in [5.74, 6) is 0.233. The first-order valence-corrected chi connectivity index (χ1v) is 7.36. The maximum Gasteiger partial charge on any atom is 0.346 e. The Kier molecular flexibility index (Phi) is 5.01. The summed E-state index contributed by atoms with van der Waals surface area (Å²) in [5, 5.41) is 14.6. The molecule has 6 nitrogen and oxygen atoms in total. The number of carbonyl (C=O) groups is 1. The number of nitrogens with zero attached hydrogens (tertiary/aromatic N) is 3. The number of aromatic nitrogens is 3. The van der Waals surface area contributed by atoms with Crippen LogP contribution in [-0.4, -0.2) is 37.5 Å². The van der Waals surface area contributed by atoms with Gasteiger partial charge in [0, 0.05) is 10.6 Å². The molecule has 0 fully saturated rings. The smallest absolute Gasteiger partial charge is 0.346 e. The van der Waals surface area contributed by atoms with E-state index in [4.69, 9.17) is 11.6 Å². The number of hydrogen-bond acceptors (Lipinski definition) is 4. The molecule has 1 heterocycles. The maximum absolute atomic E-state index is 13.9. The fourth-order valence-corrected chi connectivity index (χ4v) is 2.12. The number of rotatable bonds is 6. The lowest BCUT2D eigenvalue weighted by Crippen LogP contribution is -2.38. The van der Waals surface area contributed by atoms with Crippen molar-refractivity contribution in [2.75, 3.05) is 0 Å². The van der Waals surface area contributed by atoms with Crippen LogP contribution in [0.3, 0.4) is 0 Å². The Labute approximate surface area is 137 Å². The van der Waals surface area contributed by atoms with Crippen molar-refractivity contribution >= 4 is 17.9 Å². The number of carbonyl (C=O) groups excluding carboxylic acids is 1. The number of aliphatic hydroxyl groups is 1. The summed E-state index contributed by atoms with van der Waals surface area (Å²) < 4.78 is 16.0. The van der Waals surface area contributed by atoms with Crippen molar-refractivity contribution in [1.82, 2.24) is 14.3 Å². The number of hydrogen-bond donors (Lipinski definition) is 1. The molecule has 0 spiro atoms. The van der Waals surface area contributed by atoms with E-state index in [2.05, 4.69) is 5.10 Å². The first-order chi connectivity index (χ1) is 10.7. The van der Waals surface area contributed by atoms with E-state index in [9.17, 15) is 19.1 Å². The molecule has 124 valence electrons. The van der Waals surface area contributed by atoms with Gasteiger partial charge in [-0.15, -0.1) is 5.10 Å². The highest BCUT2D eigenvalue weighted by Gasteiger charge is 2.29. The molecule has 0 radical (unpaired) electrons. The van der Waals surface area contributed by atoms with E-state index in [1.165, 1.54) is 13.8 Å². The summed E-state index contributed by atoms with van der Waals surface area (Å²) in [7, 11) is 0. The van der Waals surface area contributed by atoms with Crippen molar-refractivity contribution in [2.45, 2.75) is 38.7 Å². The number of halogens is 2. The second kappa shape index (κ2) is 6.64. The van der Waals surface area contributed by atoms with Crippen LogP contribution in [0, 0.1) is 0 Å². The molecule has 0 amide bonds. The molecule has 0 aliphatic carbocycles. The van der Waals surface area contributed by atoms with Gasteiger partial charge in [-0.2, -0.15) is 0 Å². The lowest BCUT2D eigenvalue weighted by Gasteiger charge is -2.22. The number of alkyl halides is 1. The summed E-state index contributed by atoms with van der Waals surface area (Å²) in [4.78, 5) is 23.0. The monoisotopic (exact) mass is 341 g/mol. The zero-order valence-electron chi connectivity index (χ0n) is 12.7. The second-order valence-electron chi connectivity index (χ2n) is 5.65. The average molecular weight is 342 g/mol. The van der Waals surface area contributed by atoms with Gasteiger partial charge in [0.15, 0.2) is 5.82 Å². The molecule has 0 bridgehead atoms. The van der Waals surface area contributed by atoms with E-state index in [0.717, 1.165) is 9.25 Å². The van der Waals surface area contributed by atoms with Crippen LogP contribution in [-0.2, 0) is 17.9 Å². The fourth-order valence-electron chi connectivity index (χ4n) is 2.00. The first kappa shape index (κ1) is 17.4. The average Bonchev–Trinajstić information content (AvgIpc) is 2.77. The van der Waals surface area contributed by atoms with Gasteiger partial charge in [0.2, 0.25) is 0 Å². The summed E-state index contributed by atoms with van der Waals surface area (Å²) in [6.45, 7) is 1.95. The molecule has 2 aromatic rings. The Balaban J connectivity index is 2.52. The molecule has 1 aromatic carbocycles. The van der Waals surface area contributed by atoms with Gasteiger partial charge in [-0.05, 0) is 38.1 Å². The molecular weight excluding hydrogens is 325 g/mol. The van der Waals surface area contributed by atoms with Gasteiger partial charge in [0.1, 0.15) is 24.6 Å². The van der Waals surface area contributed by atoms with Crippen LogP contribution in [0.4, 0.5) is 4.39 Å². The van der Waals surface area contributed by atoms with Crippen molar-refractivity contribution in [3.05, 3.63) is 39.8 Å². The first-order valence-electron chi connectivity index (χ1n) is 6.98. The van der Waals surface area contributed by atoms with Gasteiger partial charge in [-0.25, -0.2) is 13.9 Å². The summed E-state index contributed by atoms with van der Waals surface area (Å²) >= 11 is 5.84. The second-order valence-corrected chi connectivity index (χ2v) is 6.09. The largest absolute Gasteiger partial charge is 0.388 e. The zero-order valence-corrected chi connectivity index (χ0v) is 13.5. The van der Waals surface area contributed by atoms with Crippen LogP contribution in [0.25, 0.3) is 11.4 Å². The topological polar surface area (TPSA) is 77.1 Å². The van der Waals surface area contributed by atoms with Crippen LogP contribution < -0.4 is 5.69 Å². The third kappa shape index (κ3) is 3.86. The molecule has 1 aromatic heterocycles. The van der Waals surface area contributed by atoms with Gasteiger partial charge in [-0.1, -0.05) is 11.6 Å². The Morgan fingerprint density at radius 2 is 2.00 bits per heavy atom. The van der Waals surface area contributed by atoms with Gasteiger partial charge in [0.25, 0.3) is 0 Å². The minimum Gasteiger partial charge on any atom is -0.388 e. The Hall–Kier alpha value is -1.99. The number of benzene rings is 1. The molecule has 0 saturated heterocycles. The van der Waals surface area contributed by atoms with Gasteiger partial charge in [-0.3, -0.25) is 4.57 Å². The predicted octanol–water partition coefficient (Wildman–Crippen LogP) is 1.67. The highest BCUT2D eigenvalue weighted by Crippen LogP contribution is 2.21. The third-order valence-electron chi connectivity index (χ3n) is 3.42. The summed E-state index contributed by atoms with van der Waals surface area (Å²) in [6.07, 6.45) is -0.861. The van der Waals surface area contributed by atoms with Crippen molar-refractivity contribution in [2.24, 2.45) is 0 Å². The molecule has 0 aliphatic rings. The molecule has 8 heteroatoms. The normalized spacial score (nSPS) is 13.1. The standard InChI is InChI=1S/C15H17ClFN3O3/c1-15(2,17)12(22)9-19-13(10-3-5-11(16)6-4-10)18-20(7-8-21)14(19)23/h3-6,8,12,22H,7,9H2,1-2H3. The van der Waals surface area contributed by atoms with Gasteiger partial charge < -0.3 is 9.90 Å². The minimum atomic E-state index is -1.89. The molecule has 1 N–H and O–H groups in total. The highest BCUT2D eigenvalue weighted by molar-refractivity contribution is 6.30. The molecule has 1 atom stereocenters. The van der Waals surface area contributed by atoms with Crippen LogP contribution in [0.5, 0.6) is 0 Å². The van der Waals surface area contributed by atoms with E-state index in [-0.39, 0.29) is 18.9 Å². The maximum atomic E-state index is 13.9. The lowest BCUT2D eigenvalue weighted by atomic mass is 10.0. The quantitative estimate of drug-likeness (QED) is 0.811. The Bertz CT molecular complexity index is 747. The zero-order chi connectivity index (χ0) is 17.2. The van der Waals surface area contributed by atoms with Gasteiger partial charge >= 0.3 is 5.69 Å². The fraction of sp³-hybridized carbons (Fsp3) is 0.400. The van der Waals surface area contributed by atoms with Crippen LogP contribution in [0.1, 0.15) is 13.8 Å². The minimum absolute atomic E-state index is 0.221. The predicted molar refractivity (Wildman–Crippen MR) is 84.2 cm³/mol. The van der Waals surface area contributed by atoms with E-state index in [1.807, 2.05) is 0 Å². The third-order valence-corrected chi connectivity index (χ3v) is 3.67.